The van der Waals surface area contributed by atoms with Gasteiger partial charge in [-0.15, -0.1) is 0 Å². The summed E-state index contributed by atoms with van der Waals surface area (Å²) < 4.78 is 26.9. The first kappa shape index (κ1) is 8.22. The molecule has 0 aromatic heterocycles. The van der Waals surface area contributed by atoms with Crippen molar-refractivity contribution in [3.8, 4) is 0 Å². The number of hydrogen-bond acceptors (Lipinski definition) is 4. The third kappa shape index (κ3) is 2.32. The van der Waals surface area contributed by atoms with Gasteiger partial charge < -0.3 is 10.5 Å². The summed E-state index contributed by atoms with van der Waals surface area (Å²) in [6.07, 6.45) is 2.74. The van der Waals surface area contributed by atoms with Crippen molar-refractivity contribution >= 4 is 0 Å². The van der Waals surface area contributed by atoms with Crippen LogP contribution < -0.4 is 5.73 Å². The minimum absolute atomic E-state index is 0.356. The Morgan fingerprint density at radius 3 is 2.82 bits per heavy atom. The number of rotatable bonds is 3. The Morgan fingerprint density at radius 2 is 2.36 bits per heavy atom. The van der Waals surface area contributed by atoms with E-state index in [4.69, 9.17) is 5.73 Å². The molecular weight excluding hydrogens is 156 g/mol. The standard InChI is InChI=1S/C5H7F2N3O/c6-4(7)11-3-5(8)1-2-9-10-5/h1-2,4H,3,8H2. The van der Waals surface area contributed by atoms with Crippen LogP contribution in [-0.2, 0) is 4.74 Å². The Labute approximate surface area is 61.7 Å². The van der Waals surface area contributed by atoms with Gasteiger partial charge in [0.05, 0.1) is 6.61 Å². The molecule has 1 unspecified atom stereocenters. The summed E-state index contributed by atoms with van der Waals surface area (Å²) in [6.45, 7) is -3.18. The fourth-order valence-electron chi connectivity index (χ4n) is 0.610. The van der Waals surface area contributed by atoms with Gasteiger partial charge in [0, 0.05) is 6.20 Å². The van der Waals surface area contributed by atoms with E-state index in [1.165, 1.54) is 12.3 Å². The molecule has 0 bridgehead atoms. The molecule has 0 aromatic rings. The first-order valence-corrected chi connectivity index (χ1v) is 2.91. The fourth-order valence-corrected chi connectivity index (χ4v) is 0.610. The topological polar surface area (TPSA) is 60.0 Å². The molecule has 0 aliphatic carbocycles. The normalized spacial score (nSPS) is 28.7. The van der Waals surface area contributed by atoms with Gasteiger partial charge >= 0.3 is 6.61 Å². The highest BCUT2D eigenvalue weighted by atomic mass is 19.3. The van der Waals surface area contributed by atoms with Gasteiger partial charge in [-0.1, -0.05) is 0 Å². The molecule has 2 N–H and O–H groups in total. The van der Waals surface area contributed by atoms with Crippen LogP contribution in [0.2, 0.25) is 0 Å². The van der Waals surface area contributed by atoms with Crippen LogP contribution in [0.15, 0.2) is 22.5 Å². The molecule has 0 aromatic carbocycles. The van der Waals surface area contributed by atoms with Gasteiger partial charge in [-0.05, 0) is 6.08 Å². The average molecular weight is 163 g/mol. The van der Waals surface area contributed by atoms with Crippen LogP contribution in [0.25, 0.3) is 0 Å². The Balaban J connectivity index is 2.36. The van der Waals surface area contributed by atoms with Gasteiger partial charge in [0.1, 0.15) is 0 Å². The van der Waals surface area contributed by atoms with Crippen LogP contribution in [0.4, 0.5) is 8.78 Å². The van der Waals surface area contributed by atoms with Gasteiger partial charge in [0.15, 0.2) is 5.66 Å². The second kappa shape index (κ2) is 3.02. The van der Waals surface area contributed by atoms with Crippen LogP contribution in [0.1, 0.15) is 0 Å². The van der Waals surface area contributed by atoms with Crippen molar-refractivity contribution in [2.75, 3.05) is 6.61 Å². The van der Waals surface area contributed by atoms with Crippen LogP contribution in [0.5, 0.6) is 0 Å². The zero-order valence-electron chi connectivity index (χ0n) is 5.58. The number of alkyl halides is 2. The molecule has 0 radical (unpaired) electrons. The molecule has 6 heteroatoms. The highest BCUT2D eigenvalue weighted by Crippen LogP contribution is 2.14. The summed E-state index contributed by atoms with van der Waals surface area (Å²) >= 11 is 0. The zero-order valence-corrected chi connectivity index (χ0v) is 5.58. The number of nitrogens with two attached hydrogens (primary N) is 1. The molecule has 11 heavy (non-hydrogen) atoms. The van der Waals surface area contributed by atoms with E-state index in [0.717, 1.165) is 0 Å². The molecule has 0 fully saturated rings. The molecule has 0 amide bonds. The van der Waals surface area contributed by atoms with Gasteiger partial charge in [-0.2, -0.15) is 19.0 Å². The number of nitrogens with zero attached hydrogens (tertiary/aromatic N) is 2. The molecular formula is C5H7F2N3O. The van der Waals surface area contributed by atoms with Crippen molar-refractivity contribution in [1.82, 2.24) is 0 Å². The Kier molecular flexibility index (Phi) is 2.25. The van der Waals surface area contributed by atoms with E-state index in [1.54, 1.807) is 0 Å². The summed E-state index contributed by atoms with van der Waals surface area (Å²) in [4.78, 5) is 0. The van der Waals surface area contributed by atoms with Crippen LogP contribution >= 0.6 is 0 Å². The lowest BCUT2D eigenvalue weighted by Gasteiger charge is -2.15. The molecule has 0 saturated heterocycles. The molecule has 62 valence electrons. The molecule has 0 spiro atoms. The molecule has 1 heterocycles. The monoisotopic (exact) mass is 163 g/mol. The van der Waals surface area contributed by atoms with Crippen molar-refractivity contribution in [3.05, 3.63) is 12.3 Å². The number of halogens is 2. The largest absolute Gasteiger partial charge is 0.345 e. The quantitative estimate of drug-likeness (QED) is 0.670. The third-order valence-electron chi connectivity index (χ3n) is 1.11. The molecule has 1 atom stereocenters. The number of azo groups is 1. The maximum Gasteiger partial charge on any atom is 0.345 e. The molecule has 4 nitrogen and oxygen atoms in total. The fraction of sp³-hybridized carbons (Fsp3) is 0.600. The Morgan fingerprint density at radius 1 is 1.64 bits per heavy atom. The van der Waals surface area contributed by atoms with Crippen molar-refractivity contribution in [1.29, 1.82) is 0 Å². The first-order valence-electron chi connectivity index (χ1n) is 2.91. The van der Waals surface area contributed by atoms with E-state index in [0.29, 0.717) is 0 Å². The van der Waals surface area contributed by atoms with E-state index < -0.39 is 12.3 Å². The van der Waals surface area contributed by atoms with Crippen LogP contribution in [0, 0.1) is 0 Å². The van der Waals surface area contributed by atoms with Crippen molar-refractivity contribution in [2.24, 2.45) is 16.0 Å². The summed E-state index contributed by atoms with van der Waals surface area (Å²) in [5, 5.41) is 6.88. The van der Waals surface area contributed by atoms with E-state index >= 15 is 0 Å². The maximum atomic E-state index is 11.5. The highest BCUT2D eigenvalue weighted by molar-refractivity contribution is 5.06. The lowest BCUT2D eigenvalue weighted by atomic mass is 10.2. The molecule has 1 aliphatic heterocycles. The predicted octanol–water partition coefficient (Wildman–Crippen LogP) is 0.860. The minimum atomic E-state index is -2.82. The summed E-state index contributed by atoms with van der Waals surface area (Å²) in [5.41, 5.74) is 4.20. The summed E-state index contributed by atoms with van der Waals surface area (Å²) in [6, 6.07) is 0. The van der Waals surface area contributed by atoms with E-state index in [1.807, 2.05) is 0 Å². The lowest BCUT2D eigenvalue weighted by molar-refractivity contribution is -0.136. The molecule has 1 rings (SSSR count). The van der Waals surface area contributed by atoms with Gasteiger partial charge in [-0.3, -0.25) is 0 Å². The first-order chi connectivity index (χ1) is 5.12. The second-order valence-corrected chi connectivity index (χ2v) is 2.09. The zero-order chi connectivity index (χ0) is 8.32. The minimum Gasteiger partial charge on any atom is -0.319 e. The summed E-state index contributed by atoms with van der Waals surface area (Å²) in [7, 11) is 0. The highest BCUT2D eigenvalue weighted by Gasteiger charge is 2.25. The predicted molar refractivity (Wildman–Crippen MR) is 32.9 cm³/mol. The van der Waals surface area contributed by atoms with E-state index in [-0.39, 0.29) is 6.61 Å². The molecule has 0 saturated carbocycles. The van der Waals surface area contributed by atoms with E-state index in [2.05, 4.69) is 15.0 Å². The van der Waals surface area contributed by atoms with Crippen molar-refractivity contribution < 1.29 is 13.5 Å². The van der Waals surface area contributed by atoms with Crippen LogP contribution in [-0.4, -0.2) is 18.9 Å². The lowest BCUT2D eigenvalue weighted by Crippen LogP contribution is -2.39. The SMILES string of the molecule is NC1(COC(F)F)C=CN=N1. The van der Waals surface area contributed by atoms with Gasteiger partial charge in [0.25, 0.3) is 0 Å². The van der Waals surface area contributed by atoms with Gasteiger partial charge in [0.2, 0.25) is 0 Å². The third-order valence-corrected chi connectivity index (χ3v) is 1.11. The molecule has 1 aliphatic rings. The van der Waals surface area contributed by atoms with Crippen molar-refractivity contribution in [3.63, 3.8) is 0 Å². The average Bonchev–Trinajstić information content (AvgIpc) is 2.33. The van der Waals surface area contributed by atoms with Gasteiger partial charge in [-0.25, -0.2) is 0 Å². The summed E-state index contributed by atoms with van der Waals surface area (Å²) in [5.74, 6) is 0. The Bertz CT molecular complexity index is 180. The van der Waals surface area contributed by atoms with E-state index in [9.17, 15) is 8.78 Å². The smallest absolute Gasteiger partial charge is 0.319 e. The van der Waals surface area contributed by atoms with Crippen LogP contribution in [0.3, 0.4) is 0 Å². The second-order valence-electron chi connectivity index (χ2n) is 2.09. The maximum absolute atomic E-state index is 11.5. The number of ether oxygens (including phenoxy) is 1. The number of hydrogen-bond donors (Lipinski definition) is 1. The Hall–Kier alpha value is -0.880. The van der Waals surface area contributed by atoms with Crippen molar-refractivity contribution in [2.45, 2.75) is 12.3 Å².